The quantitative estimate of drug-likeness (QED) is 0.612. The summed E-state index contributed by atoms with van der Waals surface area (Å²) in [6, 6.07) is 9.25. The predicted octanol–water partition coefficient (Wildman–Crippen LogP) is 3.32. The minimum Gasteiger partial charge on any atom is -0.481 e. The standard InChI is InChI=1S/C18H20F2O4/c1-17(2)13(8-9-15(21)24-11-14(19)20)18(17,16(22)23)10-12-6-4-3-5-7-12/h3-9,13-14H,10-11H2,1-2H3,(H,22,23)/b9-8-/t13-,18+/m1/s1. The molecule has 0 radical (unpaired) electrons. The van der Waals surface area contributed by atoms with Crippen LogP contribution in [0.4, 0.5) is 8.78 Å². The van der Waals surface area contributed by atoms with Crippen LogP contribution < -0.4 is 0 Å². The highest BCUT2D eigenvalue weighted by molar-refractivity contribution is 5.85. The third-order valence-electron chi connectivity index (χ3n) is 4.86. The van der Waals surface area contributed by atoms with E-state index in [1.807, 2.05) is 44.2 Å². The van der Waals surface area contributed by atoms with Crippen molar-refractivity contribution in [1.29, 1.82) is 0 Å². The Morgan fingerprint density at radius 1 is 1.29 bits per heavy atom. The molecular weight excluding hydrogens is 318 g/mol. The zero-order valence-electron chi connectivity index (χ0n) is 13.5. The Labute approximate surface area is 139 Å². The molecule has 0 heterocycles. The second-order valence-electron chi connectivity index (χ2n) is 6.52. The summed E-state index contributed by atoms with van der Waals surface area (Å²) < 4.78 is 28.4. The Hall–Kier alpha value is -2.24. The molecule has 1 aromatic rings. The number of hydrogen-bond acceptors (Lipinski definition) is 3. The molecule has 1 saturated carbocycles. The minimum atomic E-state index is -2.73. The zero-order chi connectivity index (χ0) is 18.0. The first-order valence-electron chi connectivity index (χ1n) is 7.62. The van der Waals surface area contributed by atoms with Gasteiger partial charge in [0.15, 0.2) is 6.61 Å². The number of carboxylic acid groups (broad SMARTS) is 1. The van der Waals surface area contributed by atoms with E-state index in [2.05, 4.69) is 4.74 Å². The highest BCUT2D eigenvalue weighted by Gasteiger charge is 2.74. The Kier molecular flexibility index (Phi) is 5.06. The molecule has 0 bridgehead atoms. The van der Waals surface area contributed by atoms with Crippen LogP contribution in [0.1, 0.15) is 19.4 Å². The van der Waals surface area contributed by atoms with Gasteiger partial charge in [-0.1, -0.05) is 50.3 Å². The van der Waals surface area contributed by atoms with E-state index >= 15 is 0 Å². The summed E-state index contributed by atoms with van der Waals surface area (Å²) in [5.74, 6) is -2.22. The first kappa shape index (κ1) is 18.1. The SMILES string of the molecule is CC1(C)[C@@H](/C=C\C(=O)OCC(F)F)[C@@]1(Cc1ccccc1)C(=O)O. The summed E-state index contributed by atoms with van der Waals surface area (Å²) in [5, 5.41) is 9.76. The van der Waals surface area contributed by atoms with Crippen LogP contribution in [0.5, 0.6) is 0 Å². The van der Waals surface area contributed by atoms with Gasteiger partial charge in [0.05, 0.1) is 5.41 Å². The Bertz CT molecular complexity index is 640. The first-order chi connectivity index (χ1) is 11.2. The average Bonchev–Trinajstić information content (AvgIpc) is 2.99. The fraction of sp³-hybridized carbons (Fsp3) is 0.444. The number of aliphatic carboxylic acids is 1. The lowest BCUT2D eigenvalue weighted by atomic mass is 9.88. The molecule has 6 heteroatoms. The molecule has 1 aromatic carbocycles. The van der Waals surface area contributed by atoms with Crippen LogP contribution in [0.25, 0.3) is 0 Å². The maximum Gasteiger partial charge on any atom is 0.330 e. The van der Waals surface area contributed by atoms with Gasteiger partial charge in [0, 0.05) is 12.0 Å². The van der Waals surface area contributed by atoms with Crippen molar-refractivity contribution in [3.8, 4) is 0 Å². The molecule has 24 heavy (non-hydrogen) atoms. The number of benzene rings is 1. The average molecular weight is 338 g/mol. The Balaban J connectivity index is 2.14. The van der Waals surface area contributed by atoms with Crippen molar-refractivity contribution in [2.45, 2.75) is 26.7 Å². The van der Waals surface area contributed by atoms with Gasteiger partial charge in [-0.3, -0.25) is 4.79 Å². The molecule has 0 aliphatic heterocycles. The van der Waals surface area contributed by atoms with E-state index in [1.54, 1.807) is 0 Å². The predicted molar refractivity (Wildman–Crippen MR) is 83.6 cm³/mol. The van der Waals surface area contributed by atoms with E-state index < -0.39 is 35.8 Å². The Morgan fingerprint density at radius 3 is 2.46 bits per heavy atom. The second-order valence-corrected chi connectivity index (χ2v) is 6.52. The molecule has 130 valence electrons. The third kappa shape index (κ3) is 3.32. The third-order valence-corrected chi connectivity index (χ3v) is 4.86. The van der Waals surface area contributed by atoms with Crippen LogP contribution in [-0.4, -0.2) is 30.1 Å². The molecule has 0 saturated heterocycles. The van der Waals surface area contributed by atoms with E-state index in [0.29, 0.717) is 6.42 Å². The lowest BCUT2D eigenvalue weighted by Crippen LogP contribution is -2.24. The van der Waals surface area contributed by atoms with Gasteiger partial charge in [0.25, 0.3) is 6.43 Å². The fourth-order valence-electron chi connectivity index (χ4n) is 3.41. The lowest BCUT2D eigenvalue weighted by molar-refractivity contribution is -0.145. The number of carbonyl (C=O) groups is 2. The van der Waals surface area contributed by atoms with Crippen LogP contribution >= 0.6 is 0 Å². The van der Waals surface area contributed by atoms with Crippen LogP contribution in [0.3, 0.4) is 0 Å². The van der Waals surface area contributed by atoms with Gasteiger partial charge in [-0.05, 0) is 17.4 Å². The van der Waals surface area contributed by atoms with Gasteiger partial charge in [-0.2, -0.15) is 0 Å². The summed E-state index contributed by atoms with van der Waals surface area (Å²) >= 11 is 0. The molecule has 0 spiro atoms. The van der Waals surface area contributed by atoms with Crippen molar-refractivity contribution in [2.24, 2.45) is 16.7 Å². The van der Waals surface area contributed by atoms with Gasteiger partial charge in [0.1, 0.15) is 0 Å². The summed E-state index contributed by atoms with van der Waals surface area (Å²) in [5.41, 5.74) is -0.702. The molecule has 4 nitrogen and oxygen atoms in total. The monoisotopic (exact) mass is 338 g/mol. The van der Waals surface area contributed by atoms with Crippen LogP contribution in [-0.2, 0) is 20.7 Å². The molecule has 1 N–H and O–H groups in total. The van der Waals surface area contributed by atoms with Crippen molar-refractivity contribution >= 4 is 11.9 Å². The fourth-order valence-corrected chi connectivity index (χ4v) is 3.41. The van der Waals surface area contributed by atoms with Gasteiger partial charge < -0.3 is 9.84 Å². The second kappa shape index (κ2) is 6.71. The zero-order valence-corrected chi connectivity index (χ0v) is 13.5. The maximum atomic E-state index is 12.0. The van der Waals surface area contributed by atoms with Crippen molar-refractivity contribution in [3.63, 3.8) is 0 Å². The summed E-state index contributed by atoms with van der Waals surface area (Å²) in [7, 11) is 0. The molecule has 2 rings (SSSR count). The molecule has 0 unspecified atom stereocenters. The number of esters is 1. The summed E-state index contributed by atoms with van der Waals surface area (Å²) in [4.78, 5) is 23.4. The molecule has 2 atom stereocenters. The summed E-state index contributed by atoms with van der Waals surface area (Å²) in [6.07, 6.45) is 0.114. The maximum absolute atomic E-state index is 12.0. The highest BCUT2D eigenvalue weighted by atomic mass is 19.3. The van der Waals surface area contributed by atoms with Gasteiger partial charge >= 0.3 is 11.9 Å². The minimum absolute atomic E-state index is 0.331. The number of ether oxygens (including phenoxy) is 1. The molecule has 0 amide bonds. The van der Waals surface area contributed by atoms with Crippen LogP contribution in [0.15, 0.2) is 42.5 Å². The van der Waals surface area contributed by atoms with E-state index in [9.17, 15) is 23.5 Å². The number of halogens is 2. The molecule has 1 aliphatic rings. The van der Waals surface area contributed by atoms with Gasteiger partial charge in [-0.25, -0.2) is 13.6 Å². The van der Waals surface area contributed by atoms with E-state index in [-0.39, 0.29) is 5.92 Å². The number of hydrogen-bond donors (Lipinski definition) is 1. The van der Waals surface area contributed by atoms with Crippen molar-refractivity contribution in [3.05, 3.63) is 48.0 Å². The van der Waals surface area contributed by atoms with E-state index in [0.717, 1.165) is 11.6 Å². The molecule has 0 aromatic heterocycles. The van der Waals surface area contributed by atoms with Gasteiger partial charge in [-0.15, -0.1) is 0 Å². The normalized spacial score (nSPS) is 25.0. The number of allylic oxidation sites excluding steroid dienone is 1. The van der Waals surface area contributed by atoms with E-state index in [4.69, 9.17) is 0 Å². The topological polar surface area (TPSA) is 63.6 Å². The number of rotatable bonds is 7. The summed E-state index contributed by atoms with van der Waals surface area (Å²) in [6.45, 7) is 2.68. The molecule has 1 fully saturated rings. The highest BCUT2D eigenvalue weighted by Crippen LogP contribution is 2.71. The van der Waals surface area contributed by atoms with E-state index in [1.165, 1.54) is 6.08 Å². The van der Waals surface area contributed by atoms with Crippen molar-refractivity contribution in [1.82, 2.24) is 0 Å². The van der Waals surface area contributed by atoms with Crippen molar-refractivity contribution < 1.29 is 28.2 Å². The number of carbonyl (C=O) groups excluding carboxylic acids is 1. The molecular formula is C18H20F2O4. The van der Waals surface area contributed by atoms with Gasteiger partial charge in [0.2, 0.25) is 0 Å². The lowest BCUT2D eigenvalue weighted by Gasteiger charge is -2.15. The molecule has 1 aliphatic carbocycles. The van der Waals surface area contributed by atoms with Crippen LogP contribution in [0.2, 0.25) is 0 Å². The smallest absolute Gasteiger partial charge is 0.330 e. The number of carboxylic acids is 1. The Morgan fingerprint density at radius 2 is 1.92 bits per heavy atom. The first-order valence-corrected chi connectivity index (χ1v) is 7.62. The van der Waals surface area contributed by atoms with Crippen molar-refractivity contribution in [2.75, 3.05) is 6.61 Å². The largest absolute Gasteiger partial charge is 0.481 e. The number of alkyl halides is 2. The van der Waals surface area contributed by atoms with Crippen LogP contribution in [0, 0.1) is 16.7 Å².